The number of halogens is 1. The number of benzene rings is 2. The molecule has 0 bridgehead atoms. The number of hydrogen-bond acceptors (Lipinski definition) is 4. The fraction of sp³-hybridized carbons (Fsp3) is 0.133. The maximum absolute atomic E-state index is 11.8. The lowest BCUT2D eigenvalue weighted by molar-refractivity contribution is 0.0527. The number of nitrogen functional groups attached to an aromatic ring is 1. The van der Waals surface area contributed by atoms with Gasteiger partial charge in [0, 0.05) is 9.26 Å². The molecule has 0 unspecified atom stereocenters. The van der Waals surface area contributed by atoms with Crippen LogP contribution in [0.2, 0.25) is 0 Å². The van der Waals surface area contributed by atoms with Crippen LogP contribution in [-0.4, -0.2) is 12.6 Å². The summed E-state index contributed by atoms with van der Waals surface area (Å²) in [5.74, 6) is 0.798. The van der Waals surface area contributed by atoms with Crippen molar-refractivity contribution in [3.63, 3.8) is 0 Å². The van der Waals surface area contributed by atoms with E-state index in [1.165, 1.54) is 0 Å². The van der Waals surface area contributed by atoms with Crippen molar-refractivity contribution in [1.82, 2.24) is 0 Å². The second kappa shape index (κ2) is 6.60. The van der Waals surface area contributed by atoms with Crippen LogP contribution >= 0.6 is 22.6 Å². The first-order valence-electron chi connectivity index (χ1n) is 6.10. The lowest BCUT2D eigenvalue weighted by Crippen LogP contribution is -2.08. The van der Waals surface area contributed by atoms with Gasteiger partial charge in [0.2, 0.25) is 0 Å². The Labute approximate surface area is 131 Å². The standard InChI is InChI=1S/C15H14INO3/c1-2-19-15(18)13-9-12(7-8-14(13)17)20-11-5-3-10(16)4-6-11/h3-9H,2,17H2,1H3. The molecule has 2 N–H and O–H groups in total. The lowest BCUT2D eigenvalue weighted by atomic mass is 10.1. The third-order valence-electron chi connectivity index (χ3n) is 2.57. The lowest BCUT2D eigenvalue weighted by Gasteiger charge is -2.09. The number of carbonyl (C=O) groups is 1. The van der Waals surface area contributed by atoms with Crippen LogP contribution in [0.15, 0.2) is 42.5 Å². The highest BCUT2D eigenvalue weighted by atomic mass is 127. The first-order chi connectivity index (χ1) is 9.60. The number of anilines is 1. The van der Waals surface area contributed by atoms with Crippen molar-refractivity contribution < 1.29 is 14.3 Å². The van der Waals surface area contributed by atoms with Crippen molar-refractivity contribution in [3.8, 4) is 11.5 Å². The molecule has 0 heterocycles. The van der Waals surface area contributed by atoms with Gasteiger partial charge in [-0.2, -0.15) is 0 Å². The molecule has 0 fully saturated rings. The van der Waals surface area contributed by atoms with Gasteiger partial charge in [-0.05, 0) is 72.0 Å². The summed E-state index contributed by atoms with van der Waals surface area (Å²) in [5.41, 5.74) is 6.46. The number of carbonyl (C=O) groups excluding carboxylic acids is 1. The Morgan fingerprint density at radius 3 is 2.45 bits per heavy atom. The summed E-state index contributed by atoms with van der Waals surface area (Å²) >= 11 is 2.22. The number of ether oxygens (including phenoxy) is 2. The fourth-order valence-electron chi connectivity index (χ4n) is 1.62. The summed E-state index contributed by atoms with van der Waals surface area (Å²) in [6.07, 6.45) is 0. The van der Waals surface area contributed by atoms with Crippen LogP contribution in [0.3, 0.4) is 0 Å². The summed E-state index contributed by atoms with van der Waals surface area (Å²) in [5, 5.41) is 0. The van der Waals surface area contributed by atoms with E-state index in [0.717, 1.165) is 3.57 Å². The van der Waals surface area contributed by atoms with Crippen LogP contribution in [0, 0.1) is 3.57 Å². The Bertz CT molecular complexity index is 611. The molecule has 0 saturated carbocycles. The largest absolute Gasteiger partial charge is 0.462 e. The molecule has 20 heavy (non-hydrogen) atoms. The number of hydrogen-bond donors (Lipinski definition) is 1. The summed E-state index contributed by atoms with van der Waals surface area (Å²) in [6, 6.07) is 12.6. The van der Waals surface area contributed by atoms with E-state index in [1.807, 2.05) is 24.3 Å². The minimum atomic E-state index is -0.446. The van der Waals surface area contributed by atoms with Gasteiger partial charge in [0.25, 0.3) is 0 Å². The molecular formula is C15H14INO3. The molecular weight excluding hydrogens is 369 g/mol. The molecule has 0 amide bonds. The summed E-state index contributed by atoms with van der Waals surface area (Å²) in [7, 11) is 0. The zero-order valence-electron chi connectivity index (χ0n) is 10.9. The first kappa shape index (κ1) is 14.6. The molecule has 0 aliphatic heterocycles. The third-order valence-corrected chi connectivity index (χ3v) is 3.29. The highest BCUT2D eigenvalue weighted by Crippen LogP contribution is 2.26. The zero-order chi connectivity index (χ0) is 14.5. The Balaban J connectivity index is 2.22. The molecule has 2 aromatic carbocycles. The molecule has 0 atom stereocenters. The van der Waals surface area contributed by atoms with E-state index in [9.17, 15) is 4.79 Å². The van der Waals surface area contributed by atoms with Gasteiger partial charge in [0.15, 0.2) is 0 Å². The second-order valence-electron chi connectivity index (χ2n) is 4.03. The van der Waals surface area contributed by atoms with Crippen molar-refractivity contribution in [2.24, 2.45) is 0 Å². The number of esters is 1. The van der Waals surface area contributed by atoms with Gasteiger partial charge in [-0.25, -0.2) is 4.79 Å². The minimum Gasteiger partial charge on any atom is -0.462 e. The van der Waals surface area contributed by atoms with Gasteiger partial charge in [0.1, 0.15) is 11.5 Å². The molecule has 0 radical (unpaired) electrons. The maximum Gasteiger partial charge on any atom is 0.340 e. The SMILES string of the molecule is CCOC(=O)c1cc(Oc2ccc(I)cc2)ccc1N. The van der Waals surface area contributed by atoms with Gasteiger partial charge < -0.3 is 15.2 Å². The minimum absolute atomic E-state index is 0.306. The molecule has 5 heteroatoms. The number of rotatable bonds is 4. The summed E-state index contributed by atoms with van der Waals surface area (Å²) in [6.45, 7) is 2.06. The van der Waals surface area contributed by atoms with Crippen molar-refractivity contribution in [2.75, 3.05) is 12.3 Å². The van der Waals surface area contributed by atoms with E-state index in [-0.39, 0.29) is 0 Å². The van der Waals surface area contributed by atoms with Gasteiger partial charge in [-0.1, -0.05) is 0 Å². The predicted molar refractivity (Wildman–Crippen MR) is 86.0 cm³/mol. The summed E-state index contributed by atoms with van der Waals surface area (Å²) < 4.78 is 11.8. The van der Waals surface area contributed by atoms with E-state index in [2.05, 4.69) is 22.6 Å². The van der Waals surface area contributed by atoms with Crippen molar-refractivity contribution in [2.45, 2.75) is 6.92 Å². The van der Waals surface area contributed by atoms with E-state index in [0.29, 0.717) is 29.4 Å². The van der Waals surface area contributed by atoms with Gasteiger partial charge in [-0.15, -0.1) is 0 Å². The van der Waals surface area contributed by atoms with Crippen molar-refractivity contribution >= 4 is 34.2 Å². The predicted octanol–water partition coefficient (Wildman–Crippen LogP) is 3.84. The van der Waals surface area contributed by atoms with Crippen LogP contribution in [0.5, 0.6) is 11.5 Å². The molecule has 2 aromatic rings. The Morgan fingerprint density at radius 1 is 1.15 bits per heavy atom. The van der Waals surface area contributed by atoms with Crippen LogP contribution in [-0.2, 0) is 4.74 Å². The quantitative estimate of drug-likeness (QED) is 0.495. The van der Waals surface area contributed by atoms with Crippen molar-refractivity contribution in [1.29, 1.82) is 0 Å². The van der Waals surface area contributed by atoms with E-state index in [1.54, 1.807) is 25.1 Å². The molecule has 0 saturated heterocycles. The van der Waals surface area contributed by atoms with Gasteiger partial charge in [0.05, 0.1) is 12.2 Å². The van der Waals surface area contributed by atoms with Gasteiger partial charge >= 0.3 is 5.97 Å². The zero-order valence-corrected chi connectivity index (χ0v) is 13.1. The van der Waals surface area contributed by atoms with Crippen LogP contribution in [0.25, 0.3) is 0 Å². The van der Waals surface area contributed by atoms with Crippen molar-refractivity contribution in [3.05, 3.63) is 51.6 Å². The topological polar surface area (TPSA) is 61.5 Å². The highest BCUT2D eigenvalue weighted by molar-refractivity contribution is 14.1. The number of nitrogens with two attached hydrogens (primary N) is 1. The molecule has 0 aromatic heterocycles. The van der Waals surface area contributed by atoms with Crippen LogP contribution in [0.1, 0.15) is 17.3 Å². The van der Waals surface area contributed by atoms with E-state index < -0.39 is 5.97 Å². The second-order valence-corrected chi connectivity index (χ2v) is 5.27. The van der Waals surface area contributed by atoms with Gasteiger partial charge in [-0.3, -0.25) is 0 Å². The Kier molecular flexibility index (Phi) is 4.84. The van der Waals surface area contributed by atoms with Crippen LogP contribution in [0.4, 0.5) is 5.69 Å². The third kappa shape index (κ3) is 3.63. The average molecular weight is 383 g/mol. The first-order valence-corrected chi connectivity index (χ1v) is 7.18. The summed E-state index contributed by atoms with van der Waals surface area (Å²) in [4.78, 5) is 11.8. The smallest absolute Gasteiger partial charge is 0.340 e. The van der Waals surface area contributed by atoms with E-state index >= 15 is 0 Å². The maximum atomic E-state index is 11.8. The molecule has 2 rings (SSSR count). The highest BCUT2D eigenvalue weighted by Gasteiger charge is 2.12. The fourth-order valence-corrected chi connectivity index (χ4v) is 1.98. The van der Waals surface area contributed by atoms with E-state index in [4.69, 9.17) is 15.2 Å². The molecule has 4 nitrogen and oxygen atoms in total. The molecule has 0 aliphatic rings. The van der Waals surface area contributed by atoms with Crippen LogP contribution < -0.4 is 10.5 Å². The Morgan fingerprint density at radius 2 is 1.80 bits per heavy atom. The Hall–Kier alpha value is -1.76. The molecule has 0 spiro atoms. The average Bonchev–Trinajstić information content (AvgIpc) is 2.43. The molecule has 0 aliphatic carbocycles. The normalized spacial score (nSPS) is 10.1. The molecule has 104 valence electrons. The monoisotopic (exact) mass is 383 g/mol.